The number of aromatic nitrogens is 1. The first-order valence-corrected chi connectivity index (χ1v) is 7.66. The van der Waals surface area contributed by atoms with Crippen molar-refractivity contribution in [1.82, 2.24) is 10.3 Å². The Balaban J connectivity index is 1.94. The van der Waals surface area contributed by atoms with Crippen LogP contribution < -0.4 is 10.6 Å². The SMILES string of the molecule is CC(C)CNC(=O)c1cc(NC2CCCCC2)ccn1. The highest BCUT2D eigenvalue weighted by Gasteiger charge is 2.14. The summed E-state index contributed by atoms with van der Waals surface area (Å²) in [6.07, 6.45) is 8.08. The van der Waals surface area contributed by atoms with Gasteiger partial charge in [0.15, 0.2) is 0 Å². The van der Waals surface area contributed by atoms with Gasteiger partial charge in [-0.25, -0.2) is 0 Å². The van der Waals surface area contributed by atoms with Crippen molar-refractivity contribution in [3.63, 3.8) is 0 Å². The monoisotopic (exact) mass is 275 g/mol. The van der Waals surface area contributed by atoms with Crippen molar-refractivity contribution in [2.45, 2.75) is 52.0 Å². The minimum atomic E-state index is -0.0917. The first kappa shape index (κ1) is 14.8. The van der Waals surface area contributed by atoms with Crippen molar-refractivity contribution in [3.05, 3.63) is 24.0 Å². The van der Waals surface area contributed by atoms with Crippen LogP contribution in [0.2, 0.25) is 0 Å². The van der Waals surface area contributed by atoms with E-state index in [9.17, 15) is 4.79 Å². The summed E-state index contributed by atoms with van der Waals surface area (Å²) in [4.78, 5) is 16.2. The fourth-order valence-electron chi connectivity index (χ4n) is 2.51. The van der Waals surface area contributed by atoms with Gasteiger partial charge >= 0.3 is 0 Å². The van der Waals surface area contributed by atoms with Gasteiger partial charge in [0, 0.05) is 24.5 Å². The molecule has 1 aromatic heterocycles. The molecule has 1 aliphatic carbocycles. The maximum atomic E-state index is 12.0. The summed E-state index contributed by atoms with van der Waals surface area (Å²) in [5.41, 5.74) is 1.49. The molecule has 1 heterocycles. The van der Waals surface area contributed by atoms with Gasteiger partial charge in [-0.3, -0.25) is 9.78 Å². The lowest BCUT2D eigenvalue weighted by atomic mass is 9.95. The smallest absolute Gasteiger partial charge is 0.269 e. The maximum Gasteiger partial charge on any atom is 0.269 e. The maximum absolute atomic E-state index is 12.0. The molecule has 1 fully saturated rings. The average Bonchev–Trinajstić information content (AvgIpc) is 2.46. The number of rotatable bonds is 5. The molecule has 20 heavy (non-hydrogen) atoms. The fraction of sp³-hybridized carbons (Fsp3) is 0.625. The van der Waals surface area contributed by atoms with Crippen LogP contribution in [0, 0.1) is 5.92 Å². The number of amides is 1. The van der Waals surface area contributed by atoms with Crippen LogP contribution in [0.15, 0.2) is 18.3 Å². The molecule has 0 unspecified atom stereocenters. The Morgan fingerprint density at radius 2 is 2.10 bits per heavy atom. The molecule has 1 amide bonds. The van der Waals surface area contributed by atoms with Crippen LogP contribution >= 0.6 is 0 Å². The van der Waals surface area contributed by atoms with Crippen LogP contribution in [0.4, 0.5) is 5.69 Å². The van der Waals surface area contributed by atoms with Gasteiger partial charge in [0.2, 0.25) is 0 Å². The Kier molecular flexibility index (Phi) is 5.39. The quantitative estimate of drug-likeness (QED) is 0.867. The summed E-state index contributed by atoms with van der Waals surface area (Å²) >= 11 is 0. The zero-order chi connectivity index (χ0) is 14.4. The molecule has 2 rings (SSSR count). The molecule has 110 valence electrons. The van der Waals surface area contributed by atoms with E-state index in [0.29, 0.717) is 24.2 Å². The van der Waals surface area contributed by atoms with E-state index in [0.717, 1.165) is 5.69 Å². The largest absolute Gasteiger partial charge is 0.382 e. The minimum absolute atomic E-state index is 0.0917. The molecule has 4 heteroatoms. The summed E-state index contributed by atoms with van der Waals surface area (Å²) in [6, 6.07) is 4.33. The van der Waals surface area contributed by atoms with E-state index in [1.165, 1.54) is 32.1 Å². The second kappa shape index (κ2) is 7.27. The normalized spacial score (nSPS) is 16.1. The standard InChI is InChI=1S/C16H25N3O/c1-12(2)11-18-16(20)15-10-14(8-9-17-15)19-13-6-4-3-5-7-13/h8-10,12-13H,3-7,11H2,1-2H3,(H,17,19)(H,18,20). The summed E-state index contributed by atoms with van der Waals surface area (Å²) < 4.78 is 0. The van der Waals surface area contributed by atoms with E-state index in [4.69, 9.17) is 0 Å². The Morgan fingerprint density at radius 3 is 2.80 bits per heavy atom. The lowest BCUT2D eigenvalue weighted by molar-refractivity contribution is 0.0944. The summed E-state index contributed by atoms with van der Waals surface area (Å²) in [7, 11) is 0. The molecule has 0 saturated heterocycles. The van der Waals surface area contributed by atoms with E-state index in [-0.39, 0.29) is 5.91 Å². The Morgan fingerprint density at radius 1 is 1.35 bits per heavy atom. The minimum Gasteiger partial charge on any atom is -0.382 e. The van der Waals surface area contributed by atoms with Crippen molar-refractivity contribution in [2.24, 2.45) is 5.92 Å². The van der Waals surface area contributed by atoms with E-state index in [1.54, 1.807) is 6.20 Å². The van der Waals surface area contributed by atoms with Crippen molar-refractivity contribution in [1.29, 1.82) is 0 Å². The van der Waals surface area contributed by atoms with Gasteiger partial charge in [-0.15, -0.1) is 0 Å². The molecule has 0 spiro atoms. The van der Waals surface area contributed by atoms with Crippen molar-refractivity contribution in [3.8, 4) is 0 Å². The predicted octanol–water partition coefficient (Wildman–Crippen LogP) is 3.21. The third kappa shape index (κ3) is 4.51. The Hall–Kier alpha value is -1.58. The topological polar surface area (TPSA) is 54.0 Å². The van der Waals surface area contributed by atoms with E-state index >= 15 is 0 Å². The fourth-order valence-corrected chi connectivity index (χ4v) is 2.51. The molecule has 2 N–H and O–H groups in total. The first-order valence-electron chi connectivity index (χ1n) is 7.66. The highest BCUT2D eigenvalue weighted by molar-refractivity contribution is 5.93. The van der Waals surface area contributed by atoms with Gasteiger partial charge in [-0.1, -0.05) is 33.1 Å². The van der Waals surface area contributed by atoms with Crippen LogP contribution in [-0.4, -0.2) is 23.5 Å². The van der Waals surface area contributed by atoms with Gasteiger partial charge in [-0.05, 0) is 30.9 Å². The van der Waals surface area contributed by atoms with E-state index < -0.39 is 0 Å². The number of nitrogens with zero attached hydrogens (tertiary/aromatic N) is 1. The number of pyridine rings is 1. The average molecular weight is 275 g/mol. The molecular weight excluding hydrogens is 250 g/mol. The van der Waals surface area contributed by atoms with Gasteiger partial charge in [0.1, 0.15) is 5.69 Å². The zero-order valence-electron chi connectivity index (χ0n) is 12.5. The Labute approximate surface area is 121 Å². The summed E-state index contributed by atoms with van der Waals surface area (Å²) in [5, 5.41) is 6.42. The van der Waals surface area contributed by atoms with Gasteiger partial charge in [0.25, 0.3) is 5.91 Å². The van der Waals surface area contributed by atoms with Crippen molar-refractivity contribution in [2.75, 3.05) is 11.9 Å². The first-order chi connectivity index (χ1) is 9.65. The highest BCUT2D eigenvalue weighted by atomic mass is 16.1. The molecule has 1 saturated carbocycles. The molecule has 0 aromatic carbocycles. The predicted molar refractivity (Wildman–Crippen MR) is 81.9 cm³/mol. The van der Waals surface area contributed by atoms with Gasteiger partial charge in [0.05, 0.1) is 0 Å². The van der Waals surface area contributed by atoms with Crippen LogP contribution in [0.25, 0.3) is 0 Å². The van der Waals surface area contributed by atoms with Crippen LogP contribution in [-0.2, 0) is 0 Å². The number of carbonyl (C=O) groups excluding carboxylic acids is 1. The number of hydrogen-bond acceptors (Lipinski definition) is 3. The number of carbonyl (C=O) groups is 1. The molecule has 0 atom stereocenters. The summed E-state index contributed by atoms with van der Waals surface area (Å²) in [6.45, 7) is 4.84. The molecule has 4 nitrogen and oxygen atoms in total. The second-order valence-corrected chi connectivity index (χ2v) is 6.01. The van der Waals surface area contributed by atoms with Gasteiger partial charge < -0.3 is 10.6 Å². The van der Waals surface area contributed by atoms with Crippen molar-refractivity contribution >= 4 is 11.6 Å². The number of anilines is 1. The third-order valence-electron chi connectivity index (χ3n) is 3.64. The third-order valence-corrected chi connectivity index (χ3v) is 3.64. The number of hydrogen-bond donors (Lipinski definition) is 2. The summed E-state index contributed by atoms with van der Waals surface area (Å²) in [5.74, 6) is 0.355. The Bertz CT molecular complexity index is 439. The van der Waals surface area contributed by atoms with E-state index in [1.807, 2.05) is 12.1 Å². The highest BCUT2D eigenvalue weighted by Crippen LogP contribution is 2.21. The number of nitrogens with one attached hydrogen (secondary N) is 2. The van der Waals surface area contributed by atoms with Crippen LogP contribution in [0.3, 0.4) is 0 Å². The second-order valence-electron chi connectivity index (χ2n) is 6.01. The molecule has 0 radical (unpaired) electrons. The van der Waals surface area contributed by atoms with Crippen LogP contribution in [0.1, 0.15) is 56.4 Å². The lowest BCUT2D eigenvalue weighted by Crippen LogP contribution is -2.28. The van der Waals surface area contributed by atoms with Crippen molar-refractivity contribution < 1.29 is 4.79 Å². The molecule has 1 aromatic rings. The lowest BCUT2D eigenvalue weighted by Gasteiger charge is -2.23. The van der Waals surface area contributed by atoms with E-state index in [2.05, 4.69) is 29.5 Å². The van der Waals surface area contributed by atoms with Gasteiger partial charge in [-0.2, -0.15) is 0 Å². The molecule has 1 aliphatic rings. The molecular formula is C16H25N3O. The zero-order valence-corrected chi connectivity index (χ0v) is 12.5. The van der Waals surface area contributed by atoms with Crippen LogP contribution in [0.5, 0.6) is 0 Å². The molecule has 0 bridgehead atoms. The molecule has 0 aliphatic heterocycles.